The molecule has 2 amide bonds. The summed E-state index contributed by atoms with van der Waals surface area (Å²) in [5.74, 6) is 0.740. The van der Waals surface area contributed by atoms with Crippen LogP contribution < -0.4 is 10.1 Å². The number of pyridine rings is 1. The Balaban J connectivity index is 1.47. The first-order valence-electron chi connectivity index (χ1n) is 10.9. The van der Waals surface area contributed by atoms with Crippen molar-refractivity contribution < 1.29 is 14.3 Å². The van der Waals surface area contributed by atoms with E-state index in [4.69, 9.17) is 4.74 Å². The van der Waals surface area contributed by atoms with Crippen molar-refractivity contribution >= 4 is 22.8 Å². The van der Waals surface area contributed by atoms with Gasteiger partial charge in [-0.15, -0.1) is 0 Å². The van der Waals surface area contributed by atoms with Crippen LogP contribution in [0.4, 0.5) is 0 Å². The molecule has 8 nitrogen and oxygen atoms in total. The van der Waals surface area contributed by atoms with Crippen LogP contribution in [0.15, 0.2) is 30.3 Å². The van der Waals surface area contributed by atoms with E-state index in [1.165, 1.54) is 0 Å². The Labute approximate surface area is 187 Å². The lowest BCUT2D eigenvalue weighted by atomic mass is 10.1. The zero-order chi connectivity index (χ0) is 22.8. The van der Waals surface area contributed by atoms with Crippen molar-refractivity contribution in [3.05, 3.63) is 52.8 Å². The number of hydrogen-bond acceptors (Lipinski definition) is 5. The number of ether oxygens (including phenoxy) is 1. The Hall–Kier alpha value is -3.42. The maximum Gasteiger partial charge on any atom is 0.252 e. The van der Waals surface area contributed by atoms with Crippen LogP contribution in [0, 0.1) is 13.8 Å². The molecule has 0 radical (unpaired) electrons. The van der Waals surface area contributed by atoms with Crippen LogP contribution in [0.25, 0.3) is 11.0 Å². The van der Waals surface area contributed by atoms with Crippen LogP contribution in [-0.4, -0.2) is 51.2 Å². The molecule has 4 rings (SSSR count). The average molecular weight is 436 g/mol. The minimum Gasteiger partial charge on any atom is -0.497 e. The standard InChI is InChI=1S/C24H29N5O3/c1-15-12-20(22-16(2)27-28(3)23(22)25-15)24(31)26-18-8-9-21(30)29(11-10-18)14-17-6-5-7-19(13-17)32-4/h5-7,12-13,18H,8-11,14H2,1-4H3,(H,26,31). The molecule has 1 saturated heterocycles. The lowest BCUT2D eigenvalue weighted by molar-refractivity contribution is -0.131. The lowest BCUT2D eigenvalue weighted by Crippen LogP contribution is -2.36. The number of nitrogens with one attached hydrogen (secondary N) is 1. The number of aryl methyl sites for hydroxylation is 3. The molecule has 1 unspecified atom stereocenters. The van der Waals surface area contributed by atoms with E-state index >= 15 is 0 Å². The number of aromatic nitrogens is 3. The number of rotatable bonds is 5. The van der Waals surface area contributed by atoms with Gasteiger partial charge in [0.1, 0.15) is 5.75 Å². The highest BCUT2D eigenvalue weighted by Crippen LogP contribution is 2.23. The van der Waals surface area contributed by atoms with Gasteiger partial charge in [-0.3, -0.25) is 14.3 Å². The Morgan fingerprint density at radius 3 is 2.84 bits per heavy atom. The van der Waals surface area contributed by atoms with E-state index in [2.05, 4.69) is 15.4 Å². The van der Waals surface area contributed by atoms with Gasteiger partial charge in [-0.05, 0) is 50.5 Å². The molecule has 8 heteroatoms. The molecule has 0 bridgehead atoms. The van der Waals surface area contributed by atoms with E-state index in [9.17, 15) is 9.59 Å². The van der Waals surface area contributed by atoms with Crippen molar-refractivity contribution in [1.82, 2.24) is 25.0 Å². The molecule has 3 heterocycles. The predicted octanol–water partition coefficient (Wildman–Crippen LogP) is 2.90. The van der Waals surface area contributed by atoms with E-state index in [1.54, 1.807) is 11.8 Å². The number of nitrogens with zero attached hydrogens (tertiary/aromatic N) is 4. The van der Waals surface area contributed by atoms with Gasteiger partial charge in [-0.25, -0.2) is 4.98 Å². The van der Waals surface area contributed by atoms with Crippen LogP contribution >= 0.6 is 0 Å². The summed E-state index contributed by atoms with van der Waals surface area (Å²) >= 11 is 0. The SMILES string of the molecule is COc1cccc(CN2CCC(NC(=O)c3cc(C)nc4c3c(C)nn4C)CCC2=O)c1. The van der Waals surface area contributed by atoms with Gasteiger partial charge in [0.05, 0.1) is 23.8 Å². The van der Waals surface area contributed by atoms with Crippen molar-refractivity contribution in [1.29, 1.82) is 0 Å². The summed E-state index contributed by atoms with van der Waals surface area (Å²) < 4.78 is 6.99. The third-order valence-corrected chi connectivity index (χ3v) is 5.99. The number of carbonyl (C=O) groups is 2. The zero-order valence-electron chi connectivity index (χ0n) is 19.0. The largest absolute Gasteiger partial charge is 0.497 e. The van der Waals surface area contributed by atoms with Crippen molar-refractivity contribution in [2.45, 2.75) is 45.7 Å². The fraction of sp³-hybridized carbons (Fsp3) is 0.417. The van der Waals surface area contributed by atoms with Crippen LogP contribution in [0.5, 0.6) is 5.75 Å². The maximum absolute atomic E-state index is 13.2. The molecule has 3 aromatic rings. The van der Waals surface area contributed by atoms with Crippen molar-refractivity contribution in [2.75, 3.05) is 13.7 Å². The highest BCUT2D eigenvalue weighted by Gasteiger charge is 2.25. The van der Waals surface area contributed by atoms with Crippen LogP contribution in [0.3, 0.4) is 0 Å². The number of hydrogen-bond donors (Lipinski definition) is 1. The van der Waals surface area contributed by atoms with Gasteiger partial charge in [-0.1, -0.05) is 12.1 Å². The second kappa shape index (κ2) is 8.98. The number of methoxy groups -OCH3 is 1. The quantitative estimate of drug-likeness (QED) is 0.666. The van der Waals surface area contributed by atoms with Crippen molar-refractivity contribution in [3.63, 3.8) is 0 Å². The molecule has 1 aliphatic rings. The van der Waals surface area contributed by atoms with Gasteiger partial charge in [0.25, 0.3) is 5.91 Å². The summed E-state index contributed by atoms with van der Waals surface area (Å²) in [6.45, 7) is 4.89. The number of benzene rings is 1. The monoisotopic (exact) mass is 435 g/mol. The summed E-state index contributed by atoms with van der Waals surface area (Å²) in [7, 11) is 3.46. The maximum atomic E-state index is 13.2. The van der Waals surface area contributed by atoms with Gasteiger partial charge in [0, 0.05) is 38.3 Å². The first-order valence-corrected chi connectivity index (χ1v) is 10.9. The second-order valence-electron chi connectivity index (χ2n) is 8.38. The minimum absolute atomic E-state index is 0.0674. The summed E-state index contributed by atoms with van der Waals surface area (Å²) in [4.78, 5) is 32.3. The van der Waals surface area contributed by atoms with Crippen LogP contribution in [0.1, 0.15) is 46.6 Å². The molecule has 32 heavy (non-hydrogen) atoms. The van der Waals surface area contributed by atoms with E-state index in [-0.39, 0.29) is 17.9 Å². The third-order valence-electron chi connectivity index (χ3n) is 5.99. The van der Waals surface area contributed by atoms with E-state index < -0.39 is 0 Å². The Morgan fingerprint density at radius 1 is 1.25 bits per heavy atom. The fourth-order valence-corrected chi connectivity index (χ4v) is 4.35. The summed E-state index contributed by atoms with van der Waals surface area (Å²) in [5.41, 5.74) is 3.86. The summed E-state index contributed by atoms with van der Waals surface area (Å²) in [6, 6.07) is 9.50. The topological polar surface area (TPSA) is 89.3 Å². The average Bonchev–Trinajstić information content (AvgIpc) is 2.95. The van der Waals surface area contributed by atoms with Gasteiger partial charge in [0.15, 0.2) is 5.65 Å². The third kappa shape index (κ3) is 4.44. The first kappa shape index (κ1) is 21.8. The van der Waals surface area contributed by atoms with Gasteiger partial charge in [-0.2, -0.15) is 5.10 Å². The van der Waals surface area contributed by atoms with Gasteiger partial charge >= 0.3 is 0 Å². The van der Waals surface area contributed by atoms with E-state index in [1.807, 2.05) is 56.1 Å². The number of fused-ring (bicyclic) bond motifs is 1. The molecule has 1 fully saturated rings. The molecule has 2 aromatic heterocycles. The van der Waals surface area contributed by atoms with Gasteiger partial charge in [0.2, 0.25) is 5.91 Å². The molecule has 1 atom stereocenters. The van der Waals surface area contributed by atoms with Gasteiger partial charge < -0.3 is 15.0 Å². The number of carbonyl (C=O) groups excluding carboxylic acids is 2. The van der Waals surface area contributed by atoms with Crippen LogP contribution in [0.2, 0.25) is 0 Å². The Kier molecular flexibility index (Phi) is 6.12. The highest BCUT2D eigenvalue weighted by atomic mass is 16.5. The molecule has 1 aromatic carbocycles. The summed E-state index contributed by atoms with van der Waals surface area (Å²) in [5, 5.41) is 8.35. The van der Waals surface area contributed by atoms with E-state index in [0.29, 0.717) is 43.6 Å². The fourth-order valence-electron chi connectivity index (χ4n) is 4.35. The zero-order valence-corrected chi connectivity index (χ0v) is 19.0. The normalized spacial score (nSPS) is 16.8. The molecule has 1 aliphatic heterocycles. The molecule has 168 valence electrons. The van der Waals surface area contributed by atoms with Crippen molar-refractivity contribution in [2.24, 2.45) is 7.05 Å². The first-order chi connectivity index (χ1) is 15.4. The Morgan fingerprint density at radius 2 is 2.06 bits per heavy atom. The molecular formula is C24H29N5O3. The highest BCUT2D eigenvalue weighted by molar-refractivity contribution is 6.06. The lowest BCUT2D eigenvalue weighted by Gasteiger charge is -2.21. The smallest absolute Gasteiger partial charge is 0.252 e. The number of amides is 2. The molecular weight excluding hydrogens is 406 g/mol. The molecule has 1 N–H and O–H groups in total. The second-order valence-corrected chi connectivity index (χ2v) is 8.38. The summed E-state index contributed by atoms with van der Waals surface area (Å²) in [6.07, 6.45) is 1.74. The Bertz CT molecular complexity index is 1170. The van der Waals surface area contributed by atoms with Crippen molar-refractivity contribution in [3.8, 4) is 5.75 Å². The molecule has 0 saturated carbocycles. The molecule has 0 spiro atoms. The van der Waals surface area contributed by atoms with Crippen LogP contribution in [-0.2, 0) is 18.4 Å². The minimum atomic E-state index is -0.143. The van der Waals surface area contributed by atoms with E-state index in [0.717, 1.165) is 28.1 Å². The molecule has 0 aliphatic carbocycles. The number of likely N-dealkylation sites (tertiary alicyclic amines) is 1. The predicted molar refractivity (Wildman–Crippen MR) is 121 cm³/mol.